The normalized spacial score (nSPS) is 12.9. The van der Waals surface area contributed by atoms with E-state index < -0.39 is 0 Å². The van der Waals surface area contributed by atoms with Gasteiger partial charge in [0, 0.05) is 0 Å². The Morgan fingerprint density at radius 1 is 1.43 bits per heavy atom. The van der Waals surface area contributed by atoms with E-state index in [1.807, 2.05) is 13.8 Å². The van der Waals surface area contributed by atoms with E-state index in [2.05, 4.69) is 15.3 Å². The second-order valence-electron chi connectivity index (χ2n) is 3.40. The van der Waals surface area contributed by atoms with Crippen molar-refractivity contribution in [2.75, 3.05) is 11.9 Å². The number of aliphatic hydroxyl groups excluding tert-OH is 1. The molecule has 2 N–H and O–H groups in total. The molecule has 0 spiro atoms. The fourth-order valence-electron chi connectivity index (χ4n) is 0.976. The first-order chi connectivity index (χ1) is 6.63. The Kier molecular flexibility index (Phi) is 4.10. The summed E-state index contributed by atoms with van der Waals surface area (Å²) in [6.07, 6.45) is 3.04. The van der Waals surface area contributed by atoms with Gasteiger partial charge in [0.15, 0.2) is 0 Å². The molecule has 78 valence electrons. The van der Waals surface area contributed by atoms with Crippen LogP contribution in [0.3, 0.4) is 0 Å². The Morgan fingerprint density at radius 2 is 2.00 bits per heavy atom. The van der Waals surface area contributed by atoms with Crippen LogP contribution in [0.1, 0.15) is 13.8 Å². The highest BCUT2D eigenvalue weighted by Gasteiger charge is 2.12. The SMILES string of the molecule is CC(C)[C@@H](CO)Nc1ncc(Cl)cn1. The third kappa shape index (κ3) is 3.12. The summed E-state index contributed by atoms with van der Waals surface area (Å²) >= 11 is 5.64. The molecular weight excluding hydrogens is 202 g/mol. The molecule has 0 bridgehead atoms. The Bertz CT molecular complexity index is 276. The van der Waals surface area contributed by atoms with Gasteiger partial charge in [-0.25, -0.2) is 9.97 Å². The van der Waals surface area contributed by atoms with Crippen LogP contribution in [0.25, 0.3) is 0 Å². The molecule has 0 fully saturated rings. The Balaban J connectivity index is 2.63. The van der Waals surface area contributed by atoms with Crippen LogP contribution in [0.2, 0.25) is 5.02 Å². The van der Waals surface area contributed by atoms with Gasteiger partial charge < -0.3 is 10.4 Å². The summed E-state index contributed by atoms with van der Waals surface area (Å²) in [5.74, 6) is 0.807. The van der Waals surface area contributed by atoms with Crippen molar-refractivity contribution in [2.45, 2.75) is 19.9 Å². The van der Waals surface area contributed by atoms with Crippen LogP contribution in [0, 0.1) is 5.92 Å². The third-order valence-corrected chi connectivity index (χ3v) is 2.13. The second kappa shape index (κ2) is 5.12. The van der Waals surface area contributed by atoms with E-state index in [0.29, 0.717) is 16.9 Å². The number of rotatable bonds is 4. The topological polar surface area (TPSA) is 58.0 Å². The largest absolute Gasteiger partial charge is 0.394 e. The molecule has 1 atom stereocenters. The average molecular weight is 216 g/mol. The molecule has 0 aromatic carbocycles. The maximum absolute atomic E-state index is 9.07. The molecule has 1 aromatic heterocycles. The van der Waals surface area contributed by atoms with Gasteiger partial charge in [0.2, 0.25) is 5.95 Å². The van der Waals surface area contributed by atoms with Crippen LogP contribution in [-0.4, -0.2) is 27.7 Å². The predicted octanol–water partition coefficient (Wildman–Crippen LogP) is 1.56. The van der Waals surface area contributed by atoms with E-state index in [1.54, 1.807) is 0 Å². The van der Waals surface area contributed by atoms with Crippen molar-refractivity contribution in [1.29, 1.82) is 0 Å². The zero-order valence-corrected chi connectivity index (χ0v) is 8.99. The van der Waals surface area contributed by atoms with Crippen LogP contribution in [-0.2, 0) is 0 Å². The van der Waals surface area contributed by atoms with E-state index in [1.165, 1.54) is 12.4 Å². The zero-order valence-electron chi connectivity index (χ0n) is 8.24. The quantitative estimate of drug-likeness (QED) is 0.801. The first kappa shape index (κ1) is 11.2. The van der Waals surface area contributed by atoms with Crippen LogP contribution >= 0.6 is 11.6 Å². The molecule has 0 radical (unpaired) electrons. The van der Waals surface area contributed by atoms with Crippen molar-refractivity contribution in [1.82, 2.24) is 9.97 Å². The number of nitrogens with zero attached hydrogens (tertiary/aromatic N) is 2. The summed E-state index contributed by atoms with van der Waals surface area (Å²) in [6, 6.07) is -0.0313. The number of aliphatic hydroxyl groups is 1. The molecule has 1 rings (SSSR count). The van der Waals surface area contributed by atoms with Crippen LogP contribution in [0.15, 0.2) is 12.4 Å². The minimum Gasteiger partial charge on any atom is -0.394 e. The fraction of sp³-hybridized carbons (Fsp3) is 0.556. The van der Waals surface area contributed by atoms with Crippen molar-refractivity contribution in [2.24, 2.45) is 5.92 Å². The van der Waals surface area contributed by atoms with E-state index in [4.69, 9.17) is 16.7 Å². The molecule has 0 saturated carbocycles. The predicted molar refractivity (Wildman–Crippen MR) is 56.4 cm³/mol. The van der Waals surface area contributed by atoms with Crippen molar-refractivity contribution in [3.8, 4) is 0 Å². The van der Waals surface area contributed by atoms with Gasteiger partial charge in [-0.15, -0.1) is 0 Å². The van der Waals surface area contributed by atoms with Crippen LogP contribution in [0.4, 0.5) is 5.95 Å². The van der Waals surface area contributed by atoms with Gasteiger partial charge in [-0.05, 0) is 5.92 Å². The second-order valence-corrected chi connectivity index (χ2v) is 3.84. The molecule has 0 aliphatic heterocycles. The summed E-state index contributed by atoms with van der Waals surface area (Å²) in [6.45, 7) is 4.09. The summed E-state index contributed by atoms with van der Waals surface area (Å²) in [7, 11) is 0. The van der Waals surface area contributed by atoms with E-state index in [0.717, 1.165) is 0 Å². The summed E-state index contributed by atoms with van der Waals surface area (Å²) in [5, 5.41) is 12.6. The molecule has 1 heterocycles. The van der Waals surface area contributed by atoms with Crippen molar-refractivity contribution in [3.63, 3.8) is 0 Å². The first-order valence-corrected chi connectivity index (χ1v) is 4.86. The molecule has 0 unspecified atom stereocenters. The molecule has 0 aliphatic rings. The van der Waals surface area contributed by atoms with E-state index >= 15 is 0 Å². The zero-order chi connectivity index (χ0) is 10.6. The van der Waals surface area contributed by atoms with Gasteiger partial charge in [0.25, 0.3) is 0 Å². The number of anilines is 1. The summed E-state index contributed by atoms with van der Waals surface area (Å²) in [5.41, 5.74) is 0. The Hall–Kier alpha value is -0.870. The van der Waals surface area contributed by atoms with Crippen LogP contribution < -0.4 is 5.32 Å². The number of aromatic nitrogens is 2. The molecule has 1 aromatic rings. The highest BCUT2D eigenvalue weighted by molar-refractivity contribution is 6.30. The van der Waals surface area contributed by atoms with Crippen molar-refractivity contribution >= 4 is 17.5 Å². The third-order valence-electron chi connectivity index (χ3n) is 1.94. The fourth-order valence-corrected chi connectivity index (χ4v) is 1.07. The van der Waals surface area contributed by atoms with Gasteiger partial charge >= 0.3 is 0 Å². The summed E-state index contributed by atoms with van der Waals surface area (Å²) < 4.78 is 0. The Labute approximate surface area is 88.3 Å². The number of nitrogens with one attached hydrogen (secondary N) is 1. The maximum Gasteiger partial charge on any atom is 0.222 e. The standard InChI is InChI=1S/C9H14ClN3O/c1-6(2)8(5-14)13-9-11-3-7(10)4-12-9/h3-4,6,8,14H,5H2,1-2H3,(H,11,12,13)/t8-/m1/s1. The lowest BCUT2D eigenvalue weighted by atomic mass is 10.1. The van der Waals surface area contributed by atoms with Crippen molar-refractivity contribution in [3.05, 3.63) is 17.4 Å². The highest BCUT2D eigenvalue weighted by Crippen LogP contribution is 2.09. The maximum atomic E-state index is 9.07. The van der Waals surface area contributed by atoms with E-state index in [9.17, 15) is 0 Å². The Morgan fingerprint density at radius 3 is 2.43 bits per heavy atom. The van der Waals surface area contributed by atoms with E-state index in [-0.39, 0.29) is 12.6 Å². The van der Waals surface area contributed by atoms with Gasteiger partial charge in [-0.1, -0.05) is 25.4 Å². The minimum atomic E-state index is -0.0313. The summed E-state index contributed by atoms with van der Waals surface area (Å²) in [4.78, 5) is 7.97. The van der Waals surface area contributed by atoms with Gasteiger partial charge in [0.05, 0.1) is 30.1 Å². The van der Waals surface area contributed by atoms with Gasteiger partial charge in [0.1, 0.15) is 0 Å². The average Bonchev–Trinajstić information content (AvgIpc) is 2.16. The molecule has 0 saturated heterocycles. The first-order valence-electron chi connectivity index (χ1n) is 4.48. The minimum absolute atomic E-state index is 0.0313. The van der Waals surface area contributed by atoms with Gasteiger partial charge in [-0.3, -0.25) is 0 Å². The lowest BCUT2D eigenvalue weighted by Crippen LogP contribution is -2.30. The number of halogens is 1. The molecule has 14 heavy (non-hydrogen) atoms. The lowest BCUT2D eigenvalue weighted by Gasteiger charge is -2.19. The number of hydrogen-bond donors (Lipinski definition) is 2. The highest BCUT2D eigenvalue weighted by atomic mass is 35.5. The number of hydrogen-bond acceptors (Lipinski definition) is 4. The van der Waals surface area contributed by atoms with Crippen molar-refractivity contribution < 1.29 is 5.11 Å². The molecular formula is C9H14ClN3O. The molecule has 5 heteroatoms. The lowest BCUT2D eigenvalue weighted by molar-refractivity contribution is 0.248. The van der Waals surface area contributed by atoms with Crippen LogP contribution in [0.5, 0.6) is 0 Å². The monoisotopic (exact) mass is 215 g/mol. The molecule has 4 nitrogen and oxygen atoms in total. The molecule has 0 aliphatic carbocycles. The smallest absolute Gasteiger partial charge is 0.222 e. The van der Waals surface area contributed by atoms with Gasteiger partial charge in [-0.2, -0.15) is 0 Å². The molecule has 0 amide bonds.